The minimum atomic E-state index is -1.32. The predicted octanol–water partition coefficient (Wildman–Crippen LogP) is 6.08. The number of benzene rings is 3. The van der Waals surface area contributed by atoms with E-state index in [1.54, 1.807) is 67.8 Å². The van der Waals surface area contributed by atoms with Crippen molar-refractivity contribution >= 4 is 56.5 Å². The van der Waals surface area contributed by atoms with Gasteiger partial charge in [0.15, 0.2) is 16.4 Å². The van der Waals surface area contributed by atoms with E-state index in [1.807, 2.05) is 24.3 Å². The molecule has 0 bridgehead atoms. The van der Waals surface area contributed by atoms with Gasteiger partial charge in [0.25, 0.3) is 11.8 Å². The zero-order chi connectivity index (χ0) is 26.6. The predicted molar refractivity (Wildman–Crippen MR) is 147 cm³/mol. The molecular formula is C27H21BrClN3O4S. The van der Waals surface area contributed by atoms with Crippen molar-refractivity contribution < 1.29 is 19.1 Å². The minimum absolute atomic E-state index is 0.159. The molecule has 0 radical (unpaired) electrons. The Morgan fingerprint density at radius 2 is 1.49 bits per heavy atom. The highest BCUT2D eigenvalue weighted by Gasteiger charge is 2.30. The summed E-state index contributed by atoms with van der Waals surface area (Å²) >= 11 is 10.4. The number of carbonyl (C=O) groups is 3. The van der Waals surface area contributed by atoms with Gasteiger partial charge in [0.2, 0.25) is 0 Å². The number of halogens is 2. The van der Waals surface area contributed by atoms with Gasteiger partial charge in [0, 0.05) is 31.6 Å². The topological polar surface area (TPSA) is 97.4 Å². The third-order valence-corrected chi connectivity index (χ3v) is 6.89. The Hall–Kier alpha value is -3.53. The molecule has 0 aliphatic carbocycles. The highest BCUT2D eigenvalue weighted by Crippen LogP contribution is 2.24. The molecule has 37 heavy (non-hydrogen) atoms. The second-order valence-corrected chi connectivity index (χ2v) is 10.6. The molecule has 0 aliphatic rings. The van der Waals surface area contributed by atoms with Crippen LogP contribution in [0.3, 0.4) is 0 Å². The quantitative estimate of drug-likeness (QED) is 0.199. The summed E-state index contributed by atoms with van der Waals surface area (Å²) in [6.45, 7) is 3.13. The van der Waals surface area contributed by atoms with Crippen LogP contribution in [0.15, 0.2) is 82.6 Å². The Morgan fingerprint density at radius 1 is 0.892 bits per heavy atom. The average molecular weight is 599 g/mol. The van der Waals surface area contributed by atoms with Crippen molar-refractivity contribution in [1.82, 2.24) is 15.8 Å². The molecule has 0 atom stereocenters. The molecule has 3 aromatic carbocycles. The van der Waals surface area contributed by atoms with E-state index in [2.05, 4.69) is 31.8 Å². The molecular weight excluding hydrogens is 578 g/mol. The number of carbonyl (C=O) groups excluding carboxylic acids is 3. The normalized spacial score (nSPS) is 11.0. The van der Waals surface area contributed by atoms with Crippen molar-refractivity contribution in [2.24, 2.45) is 0 Å². The van der Waals surface area contributed by atoms with Crippen LogP contribution in [0.25, 0.3) is 11.3 Å². The van der Waals surface area contributed by atoms with E-state index in [0.29, 0.717) is 27.6 Å². The smallest absolute Gasteiger partial charge is 0.298 e. The van der Waals surface area contributed by atoms with Gasteiger partial charge >= 0.3 is 0 Å². The van der Waals surface area contributed by atoms with E-state index in [1.165, 1.54) is 11.3 Å². The zero-order valence-electron chi connectivity index (χ0n) is 19.7. The summed E-state index contributed by atoms with van der Waals surface area (Å²) in [5.41, 5.74) is 5.96. The molecule has 4 aromatic rings. The number of rotatable bonds is 7. The first-order chi connectivity index (χ1) is 17.6. The van der Waals surface area contributed by atoms with Gasteiger partial charge in [0.1, 0.15) is 5.75 Å². The van der Waals surface area contributed by atoms with Gasteiger partial charge in [-0.15, -0.1) is 11.3 Å². The van der Waals surface area contributed by atoms with Crippen LogP contribution in [0.1, 0.15) is 39.6 Å². The zero-order valence-corrected chi connectivity index (χ0v) is 22.9. The van der Waals surface area contributed by atoms with Crippen LogP contribution in [-0.2, 0) is 4.79 Å². The van der Waals surface area contributed by atoms with Gasteiger partial charge in [-0.2, -0.15) is 0 Å². The Labute approximate surface area is 230 Å². The number of aromatic nitrogens is 1. The highest BCUT2D eigenvalue weighted by atomic mass is 79.9. The van der Waals surface area contributed by atoms with Gasteiger partial charge < -0.3 is 4.74 Å². The van der Waals surface area contributed by atoms with Crippen molar-refractivity contribution in [3.8, 4) is 17.0 Å². The van der Waals surface area contributed by atoms with Gasteiger partial charge in [-0.3, -0.25) is 25.2 Å². The molecule has 1 aromatic heterocycles. The second kappa shape index (κ2) is 11.2. The van der Waals surface area contributed by atoms with Crippen LogP contribution in [0.2, 0.25) is 5.02 Å². The molecule has 188 valence electrons. The summed E-state index contributed by atoms with van der Waals surface area (Å²) < 4.78 is 6.76. The fourth-order valence-corrected chi connectivity index (χ4v) is 4.34. The molecule has 0 saturated heterocycles. The summed E-state index contributed by atoms with van der Waals surface area (Å²) in [5, 5.41) is 2.53. The number of thiazole rings is 1. The summed E-state index contributed by atoms with van der Waals surface area (Å²) in [7, 11) is 0. The molecule has 0 spiro atoms. The maximum Gasteiger partial charge on any atom is 0.298 e. The summed E-state index contributed by atoms with van der Waals surface area (Å²) in [5.74, 6) is -0.874. The van der Waals surface area contributed by atoms with Crippen LogP contribution in [0.4, 0.5) is 0 Å². The lowest BCUT2D eigenvalue weighted by Crippen LogP contribution is -2.53. The minimum Gasteiger partial charge on any atom is -0.478 e. The lowest BCUT2D eigenvalue weighted by Gasteiger charge is -2.25. The van der Waals surface area contributed by atoms with Crippen LogP contribution in [-0.4, -0.2) is 28.2 Å². The molecule has 7 nitrogen and oxygen atoms in total. The van der Waals surface area contributed by atoms with Crippen molar-refractivity contribution in [2.75, 3.05) is 0 Å². The first kappa shape index (κ1) is 26.5. The van der Waals surface area contributed by atoms with Gasteiger partial charge in [-0.1, -0.05) is 39.7 Å². The van der Waals surface area contributed by atoms with Gasteiger partial charge in [-0.05, 0) is 74.5 Å². The van der Waals surface area contributed by atoms with E-state index in [0.717, 1.165) is 10.0 Å². The van der Waals surface area contributed by atoms with Gasteiger partial charge in [-0.25, -0.2) is 4.98 Å². The maximum atomic E-state index is 12.7. The Morgan fingerprint density at radius 3 is 2.11 bits per heavy atom. The molecule has 0 aliphatic heterocycles. The molecule has 1 heterocycles. The largest absolute Gasteiger partial charge is 0.478 e. The summed E-state index contributed by atoms with van der Waals surface area (Å²) in [6, 6.07) is 20.6. The maximum absolute atomic E-state index is 12.7. The number of hydrogen-bond donors (Lipinski definition) is 2. The lowest BCUT2D eigenvalue weighted by atomic mass is 10.0. The molecule has 0 unspecified atom stereocenters. The fourth-order valence-electron chi connectivity index (χ4n) is 3.23. The number of ketones is 1. The fraction of sp³-hybridized carbons (Fsp3) is 0.111. The first-order valence-electron chi connectivity index (χ1n) is 11.0. The Balaban J connectivity index is 1.33. The number of nitrogens with one attached hydrogen (secondary N) is 2. The van der Waals surface area contributed by atoms with E-state index < -0.39 is 17.4 Å². The molecule has 10 heteroatoms. The first-order valence-corrected chi connectivity index (χ1v) is 13.1. The molecule has 0 saturated carbocycles. The Bertz CT molecular complexity index is 1440. The highest BCUT2D eigenvalue weighted by molar-refractivity contribution is 9.10. The van der Waals surface area contributed by atoms with Crippen molar-refractivity contribution in [3.63, 3.8) is 0 Å². The van der Waals surface area contributed by atoms with E-state index in [4.69, 9.17) is 16.3 Å². The van der Waals surface area contributed by atoms with Crippen molar-refractivity contribution in [1.29, 1.82) is 0 Å². The van der Waals surface area contributed by atoms with Crippen LogP contribution in [0, 0.1) is 0 Å². The van der Waals surface area contributed by atoms with Crippen LogP contribution >= 0.6 is 38.9 Å². The summed E-state index contributed by atoms with van der Waals surface area (Å²) in [4.78, 5) is 42.2. The van der Waals surface area contributed by atoms with E-state index >= 15 is 0 Å². The SMILES string of the molecule is CC(C)(Oc1ccc(C(=O)c2ccc(Cl)cc2)cc1)C(=O)NNC(=O)c1nc(-c2ccc(Br)cc2)cs1. The monoisotopic (exact) mass is 597 g/mol. The molecule has 2 N–H and O–H groups in total. The number of hydrogen-bond acceptors (Lipinski definition) is 6. The van der Waals surface area contributed by atoms with Crippen molar-refractivity contribution in [3.05, 3.63) is 104 Å². The molecule has 4 rings (SSSR count). The number of ether oxygens (including phenoxy) is 1. The van der Waals surface area contributed by atoms with Crippen molar-refractivity contribution in [2.45, 2.75) is 19.4 Å². The number of nitrogens with zero attached hydrogens (tertiary/aromatic N) is 1. The average Bonchev–Trinajstić information content (AvgIpc) is 3.38. The number of amides is 2. The van der Waals surface area contributed by atoms with E-state index in [-0.39, 0.29) is 10.8 Å². The van der Waals surface area contributed by atoms with E-state index in [9.17, 15) is 14.4 Å². The number of hydrazine groups is 1. The third-order valence-electron chi connectivity index (χ3n) is 5.27. The standard InChI is InChI=1S/C27H21BrClN3O4S/c1-27(2,36-21-13-7-18(8-14-21)23(33)17-5-11-20(29)12-6-17)26(35)32-31-24(34)25-30-22(15-37-25)16-3-9-19(28)10-4-16/h3-15H,1-2H3,(H,31,34)(H,32,35). The van der Waals surface area contributed by atoms with Crippen LogP contribution in [0.5, 0.6) is 5.75 Å². The molecule has 0 fully saturated rings. The van der Waals surface area contributed by atoms with Gasteiger partial charge in [0.05, 0.1) is 5.69 Å². The Kier molecular flexibility index (Phi) is 8.06. The molecule has 2 amide bonds. The summed E-state index contributed by atoms with van der Waals surface area (Å²) in [6.07, 6.45) is 0. The lowest BCUT2D eigenvalue weighted by molar-refractivity contribution is -0.135. The third kappa shape index (κ3) is 6.62. The second-order valence-electron chi connectivity index (χ2n) is 8.43. The van der Waals surface area contributed by atoms with Crippen LogP contribution < -0.4 is 15.6 Å².